The van der Waals surface area contributed by atoms with Crippen LogP contribution < -0.4 is 0 Å². The lowest BCUT2D eigenvalue weighted by molar-refractivity contribution is -0.169. The first-order chi connectivity index (χ1) is 9.75. The van der Waals surface area contributed by atoms with Crippen molar-refractivity contribution >= 4 is 11.9 Å². The van der Waals surface area contributed by atoms with Gasteiger partial charge in [-0.2, -0.15) is 0 Å². The Morgan fingerprint density at radius 2 is 1.62 bits per heavy atom. The third-order valence-electron chi connectivity index (χ3n) is 5.20. The second kappa shape index (κ2) is 4.46. The van der Waals surface area contributed by atoms with Crippen molar-refractivity contribution in [1.29, 1.82) is 0 Å². The summed E-state index contributed by atoms with van der Waals surface area (Å²) >= 11 is 0. The number of hydrogen-bond acceptors (Lipinski definition) is 4. The number of carbonyl (C=O) groups excluding carboxylic acids is 2. The molecule has 4 fully saturated rings. The zero-order valence-corrected chi connectivity index (χ0v) is 12.7. The molecule has 114 valence electrons. The second-order valence-electron chi connectivity index (χ2n) is 7.18. The zero-order chi connectivity index (χ0) is 15.4. The molecule has 4 aliphatic carbocycles. The summed E-state index contributed by atoms with van der Waals surface area (Å²) in [7, 11) is 0. The Morgan fingerprint density at radius 3 is 2.24 bits per heavy atom. The van der Waals surface area contributed by atoms with Crippen LogP contribution in [0.1, 0.15) is 46.0 Å². The second-order valence-corrected chi connectivity index (χ2v) is 7.18. The minimum atomic E-state index is -0.461. The fourth-order valence-electron chi connectivity index (χ4n) is 4.58. The topological polar surface area (TPSA) is 52.6 Å². The molecule has 4 rings (SSSR count). The first-order valence-electron chi connectivity index (χ1n) is 7.53. The largest absolute Gasteiger partial charge is 0.456 e. The van der Waals surface area contributed by atoms with Crippen LogP contribution in [0.3, 0.4) is 0 Å². The minimum Gasteiger partial charge on any atom is -0.456 e. The standard InChI is InChI=1S/C17H22O4/c1-10(2)14(18)20-16-6-12-5-13(8-16)17(7-12,9-16)21-15(19)11(3)4/h12-13H,1,3,5-9H2,2,4H3. The van der Waals surface area contributed by atoms with Crippen molar-refractivity contribution < 1.29 is 19.1 Å². The molecule has 4 bridgehead atoms. The van der Waals surface area contributed by atoms with Gasteiger partial charge < -0.3 is 9.47 Å². The van der Waals surface area contributed by atoms with Crippen molar-refractivity contribution in [2.24, 2.45) is 11.8 Å². The summed E-state index contributed by atoms with van der Waals surface area (Å²) in [4.78, 5) is 23.9. The average molecular weight is 290 g/mol. The van der Waals surface area contributed by atoms with Crippen LogP contribution in [0.15, 0.2) is 24.3 Å². The molecule has 0 radical (unpaired) electrons. The van der Waals surface area contributed by atoms with Gasteiger partial charge in [0.1, 0.15) is 11.2 Å². The highest BCUT2D eigenvalue weighted by atomic mass is 16.6. The molecule has 4 aliphatic rings. The van der Waals surface area contributed by atoms with Crippen molar-refractivity contribution in [3.05, 3.63) is 24.3 Å². The van der Waals surface area contributed by atoms with Gasteiger partial charge in [0.15, 0.2) is 0 Å². The average Bonchev–Trinajstić information content (AvgIpc) is 2.71. The predicted octanol–water partition coefficient (Wildman–Crippen LogP) is 2.93. The van der Waals surface area contributed by atoms with E-state index in [1.165, 1.54) is 0 Å². The molecule has 4 heteroatoms. The lowest BCUT2D eigenvalue weighted by Crippen LogP contribution is -2.44. The molecule has 0 spiro atoms. The summed E-state index contributed by atoms with van der Waals surface area (Å²) in [5, 5.41) is 0. The zero-order valence-electron chi connectivity index (χ0n) is 12.7. The number of rotatable bonds is 4. The van der Waals surface area contributed by atoms with E-state index in [0.29, 0.717) is 29.4 Å². The first kappa shape index (κ1) is 14.4. The fraction of sp³-hybridized carbons (Fsp3) is 0.647. The highest BCUT2D eigenvalue weighted by Gasteiger charge is 2.68. The molecule has 0 aromatic rings. The van der Waals surface area contributed by atoms with Gasteiger partial charge in [-0.25, -0.2) is 9.59 Å². The normalized spacial score (nSPS) is 39.1. The molecule has 21 heavy (non-hydrogen) atoms. The van der Waals surface area contributed by atoms with Crippen molar-refractivity contribution in [2.45, 2.75) is 57.2 Å². The molecule has 0 saturated heterocycles. The molecule has 0 N–H and O–H groups in total. The van der Waals surface area contributed by atoms with Crippen molar-refractivity contribution in [1.82, 2.24) is 0 Å². The molecule has 4 nitrogen and oxygen atoms in total. The van der Waals surface area contributed by atoms with Crippen molar-refractivity contribution in [3.63, 3.8) is 0 Å². The molecule has 0 aromatic carbocycles. The molecule has 0 aromatic heterocycles. The maximum Gasteiger partial charge on any atom is 0.333 e. The lowest BCUT2D eigenvalue weighted by Gasteiger charge is -2.39. The van der Waals surface area contributed by atoms with Crippen molar-refractivity contribution in [2.75, 3.05) is 0 Å². The van der Waals surface area contributed by atoms with Crippen LogP contribution in [0.2, 0.25) is 0 Å². The van der Waals surface area contributed by atoms with Crippen LogP contribution in [0.4, 0.5) is 0 Å². The van der Waals surface area contributed by atoms with Crippen LogP contribution in [-0.2, 0) is 19.1 Å². The molecule has 4 atom stereocenters. The third-order valence-corrected chi connectivity index (χ3v) is 5.20. The number of esters is 2. The first-order valence-corrected chi connectivity index (χ1v) is 7.53. The fourth-order valence-corrected chi connectivity index (χ4v) is 4.58. The summed E-state index contributed by atoms with van der Waals surface area (Å²) in [6.07, 6.45) is 4.26. The minimum absolute atomic E-state index is 0.303. The maximum atomic E-state index is 11.9. The van der Waals surface area contributed by atoms with E-state index in [4.69, 9.17) is 9.47 Å². The Kier molecular flexibility index (Phi) is 3.05. The quantitative estimate of drug-likeness (QED) is 0.590. The van der Waals surface area contributed by atoms with E-state index in [9.17, 15) is 9.59 Å². The lowest BCUT2D eigenvalue weighted by atomic mass is 9.77. The molecule has 0 amide bonds. The van der Waals surface area contributed by atoms with Crippen LogP contribution in [0, 0.1) is 11.8 Å². The van der Waals surface area contributed by atoms with E-state index in [2.05, 4.69) is 13.2 Å². The van der Waals surface area contributed by atoms with Gasteiger partial charge in [-0.15, -0.1) is 0 Å². The van der Waals surface area contributed by atoms with Gasteiger partial charge in [0, 0.05) is 23.5 Å². The number of hydrogen-bond donors (Lipinski definition) is 0. The highest BCUT2D eigenvalue weighted by Crippen LogP contribution is 2.65. The monoisotopic (exact) mass is 290 g/mol. The number of ether oxygens (including phenoxy) is 2. The van der Waals surface area contributed by atoms with Crippen LogP contribution in [-0.4, -0.2) is 23.1 Å². The summed E-state index contributed by atoms with van der Waals surface area (Å²) < 4.78 is 11.5. The Balaban J connectivity index is 1.81. The Labute approximate surface area is 125 Å². The number of carbonyl (C=O) groups is 2. The van der Waals surface area contributed by atoms with E-state index in [0.717, 1.165) is 25.7 Å². The molecular weight excluding hydrogens is 268 g/mol. The van der Waals surface area contributed by atoms with E-state index in [1.54, 1.807) is 13.8 Å². The van der Waals surface area contributed by atoms with Crippen molar-refractivity contribution in [3.8, 4) is 0 Å². The van der Waals surface area contributed by atoms with Gasteiger partial charge in [0.2, 0.25) is 0 Å². The molecular formula is C17H22O4. The molecule has 0 aliphatic heterocycles. The Morgan fingerprint density at radius 1 is 1.00 bits per heavy atom. The van der Waals surface area contributed by atoms with Gasteiger partial charge in [0.25, 0.3) is 0 Å². The molecule has 4 unspecified atom stereocenters. The highest BCUT2D eigenvalue weighted by molar-refractivity contribution is 5.88. The van der Waals surface area contributed by atoms with E-state index < -0.39 is 11.2 Å². The van der Waals surface area contributed by atoms with Crippen LogP contribution in [0.25, 0.3) is 0 Å². The summed E-state index contributed by atoms with van der Waals surface area (Å²) in [6.45, 7) is 10.6. The third kappa shape index (κ3) is 2.21. The van der Waals surface area contributed by atoms with Gasteiger partial charge in [-0.1, -0.05) is 13.2 Å². The Hall–Kier alpha value is -1.58. The van der Waals surface area contributed by atoms with Gasteiger partial charge in [-0.3, -0.25) is 0 Å². The maximum absolute atomic E-state index is 11.9. The Bertz CT molecular complexity index is 547. The smallest absolute Gasteiger partial charge is 0.333 e. The van der Waals surface area contributed by atoms with E-state index in [-0.39, 0.29) is 11.9 Å². The van der Waals surface area contributed by atoms with E-state index >= 15 is 0 Å². The molecule has 0 heterocycles. The summed E-state index contributed by atoms with van der Waals surface area (Å²) in [5.74, 6) is 0.119. The predicted molar refractivity (Wildman–Crippen MR) is 77.3 cm³/mol. The van der Waals surface area contributed by atoms with E-state index in [1.807, 2.05) is 0 Å². The van der Waals surface area contributed by atoms with Gasteiger partial charge >= 0.3 is 11.9 Å². The molecule has 4 saturated carbocycles. The SMILES string of the molecule is C=C(C)C(=O)OC12CC3CC(C1)C(OC(=O)C(=C)C)(C3)C2. The van der Waals surface area contributed by atoms with Crippen LogP contribution in [0.5, 0.6) is 0 Å². The van der Waals surface area contributed by atoms with Gasteiger partial charge in [-0.05, 0) is 45.4 Å². The van der Waals surface area contributed by atoms with Crippen LogP contribution >= 0.6 is 0 Å². The summed E-state index contributed by atoms with van der Waals surface area (Å²) in [6, 6.07) is 0. The summed E-state index contributed by atoms with van der Waals surface area (Å²) in [5.41, 5.74) is -0.0745. The van der Waals surface area contributed by atoms with Gasteiger partial charge in [0.05, 0.1) is 0 Å².